The number of rotatable bonds is 4. The molecule has 1 N–H and O–H groups in total. The first-order valence-corrected chi connectivity index (χ1v) is 6.22. The Hall–Kier alpha value is -0.860. The zero-order valence-electron chi connectivity index (χ0n) is 10.0. The maximum atomic E-state index is 9.26. The topological polar surface area (TPSA) is 23.5 Å². The summed E-state index contributed by atoms with van der Waals surface area (Å²) in [6.45, 7) is 5.81. The number of aliphatic hydroxyl groups excluding tert-OH is 1. The van der Waals surface area contributed by atoms with Crippen molar-refractivity contribution < 1.29 is 5.11 Å². The van der Waals surface area contributed by atoms with Crippen LogP contribution in [0.25, 0.3) is 0 Å². The van der Waals surface area contributed by atoms with E-state index in [4.69, 9.17) is 0 Å². The summed E-state index contributed by atoms with van der Waals surface area (Å²) in [5, 5.41) is 9.26. The lowest BCUT2D eigenvalue weighted by atomic mass is 9.96. The van der Waals surface area contributed by atoms with E-state index in [-0.39, 0.29) is 12.5 Å². The Morgan fingerprint density at radius 2 is 1.94 bits per heavy atom. The largest absolute Gasteiger partial charge is 0.396 e. The molecule has 1 aliphatic rings. The van der Waals surface area contributed by atoms with Crippen LogP contribution in [0.2, 0.25) is 0 Å². The predicted molar refractivity (Wildman–Crippen MR) is 66.5 cm³/mol. The lowest BCUT2D eigenvalue weighted by Gasteiger charge is -2.19. The number of benzene rings is 1. The molecule has 1 aromatic carbocycles. The first-order chi connectivity index (χ1) is 7.81. The van der Waals surface area contributed by atoms with Crippen LogP contribution in [0, 0.1) is 0 Å². The van der Waals surface area contributed by atoms with Crippen LogP contribution in [0.5, 0.6) is 0 Å². The maximum absolute atomic E-state index is 9.26. The number of aliphatic hydroxyl groups is 1. The molecule has 0 aromatic heterocycles. The third kappa shape index (κ3) is 2.63. The van der Waals surface area contributed by atoms with Crippen LogP contribution in [0.4, 0.5) is 0 Å². The van der Waals surface area contributed by atoms with Crippen molar-refractivity contribution in [2.45, 2.75) is 32.2 Å². The fraction of sp³-hybridized carbons (Fsp3) is 0.571. The highest BCUT2D eigenvalue weighted by Crippen LogP contribution is 2.22. The van der Waals surface area contributed by atoms with Gasteiger partial charge in [-0.1, -0.05) is 31.2 Å². The van der Waals surface area contributed by atoms with Gasteiger partial charge in [0.15, 0.2) is 0 Å². The molecule has 0 amide bonds. The molecule has 16 heavy (non-hydrogen) atoms. The number of hydrogen-bond acceptors (Lipinski definition) is 2. The minimum Gasteiger partial charge on any atom is -0.396 e. The van der Waals surface area contributed by atoms with E-state index in [1.807, 2.05) is 0 Å². The van der Waals surface area contributed by atoms with Crippen molar-refractivity contribution in [3.63, 3.8) is 0 Å². The number of hydrogen-bond donors (Lipinski definition) is 1. The van der Waals surface area contributed by atoms with E-state index in [9.17, 15) is 5.11 Å². The molecule has 2 rings (SSSR count). The van der Waals surface area contributed by atoms with Crippen molar-refractivity contribution >= 4 is 0 Å². The van der Waals surface area contributed by atoms with Crippen LogP contribution in [-0.4, -0.2) is 29.7 Å². The monoisotopic (exact) mass is 219 g/mol. The number of nitrogens with zero attached hydrogens (tertiary/aromatic N) is 1. The average Bonchev–Trinajstić information content (AvgIpc) is 2.82. The lowest BCUT2D eigenvalue weighted by Crippen LogP contribution is -2.20. The first-order valence-electron chi connectivity index (χ1n) is 6.22. The highest BCUT2D eigenvalue weighted by molar-refractivity contribution is 5.30. The van der Waals surface area contributed by atoms with Crippen molar-refractivity contribution in [3.8, 4) is 0 Å². The summed E-state index contributed by atoms with van der Waals surface area (Å²) in [6, 6.07) is 8.50. The van der Waals surface area contributed by atoms with Crippen LogP contribution < -0.4 is 0 Å². The van der Waals surface area contributed by atoms with Crippen molar-refractivity contribution in [1.29, 1.82) is 0 Å². The van der Waals surface area contributed by atoms with E-state index < -0.39 is 0 Å². The minimum absolute atomic E-state index is 0.233. The second kappa shape index (κ2) is 5.46. The Morgan fingerprint density at radius 3 is 2.62 bits per heavy atom. The number of likely N-dealkylation sites (tertiary alicyclic amines) is 1. The molecule has 1 heterocycles. The van der Waals surface area contributed by atoms with Crippen LogP contribution in [0.3, 0.4) is 0 Å². The molecule has 2 nitrogen and oxygen atoms in total. The van der Waals surface area contributed by atoms with Crippen molar-refractivity contribution in [3.05, 3.63) is 35.4 Å². The van der Waals surface area contributed by atoms with Gasteiger partial charge in [0.2, 0.25) is 0 Å². The average molecular weight is 219 g/mol. The highest BCUT2D eigenvalue weighted by Gasteiger charge is 2.15. The summed E-state index contributed by atoms with van der Waals surface area (Å²) < 4.78 is 0. The molecular weight excluding hydrogens is 198 g/mol. The van der Waals surface area contributed by atoms with Gasteiger partial charge in [0.1, 0.15) is 0 Å². The van der Waals surface area contributed by atoms with Crippen LogP contribution in [-0.2, 0) is 6.54 Å². The summed E-state index contributed by atoms with van der Waals surface area (Å²) >= 11 is 0. The van der Waals surface area contributed by atoms with E-state index >= 15 is 0 Å². The molecule has 0 aliphatic carbocycles. The molecule has 1 fully saturated rings. The highest BCUT2D eigenvalue weighted by atomic mass is 16.3. The molecular formula is C14H21NO. The Kier molecular flexibility index (Phi) is 3.97. The quantitative estimate of drug-likeness (QED) is 0.840. The zero-order valence-corrected chi connectivity index (χ0v) is 10.0. The molecule has 0 radical (unpaired) electrons. The molecule has 1 aliphatic heterocycles. The van der Waals surface area contributed by atoms with E-state index in [1.54, 1.807) is 0 Å². The third-order valence-corrected chi connectivity index (χ3v) is 3.45. The summed E-state index contributed by atoms with van der Waals surface area (Å²) in [7, 11) is 0. The Morgan fingerprint density at radius 1 is 1.25 bits per heavy atom. The molecule has 1 atom stereocenters. The smallest absolute Gasteiger partial charge is 0.0497 e. The zero-order chi connectivity index (χ0) is 11.4. The van der Waals surface area contributed by atoms with E-state index in [1.165, 1.54) is 37.1 Å². The Labute approximate surface area is 97.9 Å². The minimum atomic E-state index is 0.233. The molecule has 0 saturated carbocycles. The second-order valence-corrected chi connectivity index (χ2v) is 4.77. The van der Waals surface area contributed by atoms with Crippen LogP contribution in [0.15, 0.2) is 24.3 Å². The Balaban J connectivity index is 2.12. The van der Waals surface area contributed by atoms with Gasteiger partial charge in [-0.05, 0) is 37.1 Å². The van der Waals surface area contributed by atoms with Gasteiger partial charge in [-0.15, -0.1) is 0 Å². The summed E-state index contributed by atoms with van der Waals surface area (Å²) in [6.07, 6.45) is 2.66. The molecule has 0 bridgehead atoms. The third-order valence-electron chi connectivity index (χ3n) is 3.45. The van der Waals surface area contributed by atoms with Gasteiger partial charge in [-0.25, -0.2) is 0 Å². The maximum Gasteiger partial charge on any atom is 0.0497 e. The molecule has 1 saturated heterocycles. The van der Waals surface area contributed by atoms with Gasteiger partial charge in [-0.2, -0.15) is 0 Å². The Bertz CT molecular complexity index is 331. The summed E-state index contributed by atoms with van der Waals surface area (Å²) in [5.74, 6) is 0.249. The van der Waals surface area contributed by atoms with Gasteiger partial charge < -0.3 is 5.11 Å². The van der Waals surface area contributed by atoms with Crippen LogP contribution >= 0.6 is 0 Å². The molecule has 2 heteroatoms. The van der Waals surface area contributed by atoms with E-state index in [0.29, 0.717) is 0 Å². The van der Waals surface area contributed by atoms with Gasteiger partial charge in [0.05, 0.1) is 0 Å². The van der Waals surface area contributed by atoms with Crippen molar-refractivity contribution in [2.75, 3.05) is 19.7 Å². The lowest BCUT2D eigenvalue weighted by molar-refractivity contribution is 0.270. The molecule has 1 aromatic rings. The fourth-order valence-electron chi connectivity index (χ4n) is 2.44. The van der Waals surface area contributed by atoms with Gasteiger partial charge in [0.25, 0.3) is 0 Å². The van der Waals surface area contributed by atoms with Gasteiger partial charge in [-0.3, -0.25) is 4.90 Å². The second-order valence-electron chi connectivity index (χ2n) is 4.77. The molecule has 1 unspecified atom stereocenters. The normalized spacial score (nSPS) is 18.9. The standard InChI is InChI=1S/C14H21NO/c1-12(11-16)14-7-3-2-6-13(14)10-15-8-4-5-9-15/h2-3,6-7,12,16H,4-5,8-11H2,1H3. The summed E-state index contributed by atoms with van der Waals surface area (Å²) in [5.41, 5.74) is 2.68. The van der Waals surface area contributed by atoms with Crippen LogP contribution in [0.1, 0.15) is 36.8 Å². The van der Waals surface area contributed by atoms with Crippen molar-refractivity contribution in [2.24, 2.45) is 0 Å². The first kappa shape index (κ1) is 11.6. The molecule has 0 spiro atoms. The summed E-state index contributed by atoms with van der Waals surface area (Å²) in [4.78, 5) is 2.50. The van der Waals surface area contributed by atoms with Crippen molar-refractivity contribution in [1.82, 2.24) is 4.90 Å². The SMILES string of the molecule is CC(CO)c1ccccc1CN1CCCC1. The fourth-order valence-corrected chi connectivity index (χ4v) is 2.44. The van der Waals surface area contributed by atoms with E-state index in [0.717, 1.165) is 6.54 Å². The molecule has 88 valence electrons. The predicted octanol–water partition coefficient (Wildman–Crippen LogP) is 2.38. The van der Waals surface area contributed by atoms with Gasteiger partial charge in [0, 0.05) is 19.1 Å². The van der Waals surface area contributed by atoms with E-state index in [2.05, 4.69) is 36.1 Å². The van der Waals surface area contributed by atoms with Gasteiger partial charge >= 0.3 is 0 Å².